The minimum Gasteiger partial charge on any atom is -0.481 e. The molecule has 28 heavy (non-hydrogen) atoms. The maximum atomic E-state index is 11.2. The number of unbranched alkanes of at least 4 members (excludes halogenated alkanes) is 14. The maximum Gasteiger partial charge on any atom is 0.304 e. The zero-order chi connectivity index (χ0) is 20.9. The van der Waals surface area contributed by atoms with Crippen molar-refractivity contribution < 1.29 is 9.90 Å². The standard InChI is InChI=1S/C25H51NO2/c1-4-7-9-11-13-15-17-19-21-26(24(6-3)23-25(27)28)22-20-18-16-14-12-10-8-5-2/h24H,4-23H2,1-3H3,(H,27,28). The van der Waals surface area contributed by atoms with Crippen LogP contribution in [0.5, 0.6) is 0 Å². The van der Waals surface area contributed by atoms with Crippen molar-refractivity contribution in [3.63, 3.8) is 0 Å². The molecule has 168 valence electrons. The molecule has 0 saturated heterocycles. The first kappa shape index (κ1) is 27.4. The Bertz CT molecular complexity index is 313. The van der Waals surface area contributed by atoms with E-state index in [0.29, 0.717) is 6.42 Å². The number of hydrogen-bond acceptors (Lipinski definition) is 2. The lowest BCUT2D eigenvalue weighted by Crippen LogP contribution is -2.38. The van der Waals surface area contributed by atoms with Crippen LogP contribution >= 0.6 is 0 Å². The van der Waals surface area contributed by atoms with Crippen LogP contribution in [-0.4, -0.2) is 35.1 Å². The van der Waals surface area contributed by atoms with Gasteiger partial charge in [0, 0.05) is 6.04 Å². The van der Waals surface area contributed by atoms with E-state index in [2.05, 4.69) is 25.7 Å². The molecule has 1 atom stereocenters. The lowest BCUT2D eigenvalue weighted by Gasteiger charge is -2.30. The lowest BCUT2D eigenvalue weighted by molar-refractivity contribution is -0.138. The summed E-state index contributed by atoms with van der Waals surface area (Å²) < 4.78 is 0. The molecule has 3 heteroatoms. The van der Waals surface area contributed by atoms with E-state index in [1.54, 1.807) is 0 Å². The molecule has 0 aliphatic rings. The van der Waals surface area contributed by atoms with Crippen molar-refractivity contribution in [2.75, 3.05) is 13.1 Å². The Hall–Kier alpha value is -0.570. The molecule has 0 aromatic rings. The minimum atomic E-state index is -0.649. The zero-order valence-electron chi connectivity index (χ0n) is 19.5. The molecular formula is C25H51NO2. The average molecular weight is 398 g/mol. The quantitative estimate of drug-likeness (QED) is 0.189. The van der Waals surface area contributed by atoms with E-state index in [1.165, 1.54) is 103 Å². The summed E-state index contributed by atoms with van der Waals surface area (Å²) in [6.45, 7) is 8.83. The zero-order valence-corrected chi connectivity index (χ0v) is 19.5. The van der Waals surface area contributed by atoms with Gasteiger partial charge in [-0.25, -0.2) is 0 Å². The van der Waals surface area contributed by atoms with Gasteiger partial charge in [-0.05, 0) is 32.4 Å². The molecule has 1 unspecified atom stereocenters. The van der Waals surface area contributed by atoms with Gasteiger partial charge in [0.1, 0.15) is 0 Å². The van der Waals surface area contributed by atoms with Gasteiger partial charge in [0.05, 0.1) is 6.42 Å². The van der Waals surface area contributed by atoms with Crippen molar-refractivity contribution in [2.24, 2.45) is 0 Å². The largest absolute Gasteiger partial charge is 0.481 e. The van der Waals surface area contributed by atoms with Crippen molar-refractivity contribution in [3.05, 3.63) is 0 Å². The fourth-order valence-corrected chi connectivity index (χ4v) is 4.11. The van der Waals surface area contributed by atoms with Crippen LogP contribution in [0.15, 0.2) is 0 Å². The highest BCUT2D eigenvalue weighted by atomic mass is 16.4. The van der Waals surface area contributed by atoms with Crippen LogP contribution in [0.25, 0.3) is 0 Å². The molecule has 0 saturated carbocycles. The molecule has 1 N–H and O–H groups in total. The Kier molecular flexibility index (Phi) is 20.7. The molecule has 0 aromatic heterocycles. The van der Waals surface area contributed by atoms with Gasteiger partial charge in [-0.3, -0.25) is 9.69 Å². The molecule has 0 rings (SSSR count). The fourth-order valence-electron chi connectivity index (χ4n) is 4.11. The smallest absolute Gasteiger partial charge is 0.304 e. The minimum absolute atomic E-state index is 0.214. The predicted molar refractivity (Wildman–Crippen MR) is 123 cm³/mol. The highest BCUT2D eigenvalue weighted by Crippen LogP contribution is 2.15. The Morgan fingerprint density at radius 1 is 0.643 bits per heavy atom. The summed E-state index contributed by atoms with van der Waals surface area (Å²) in [6.07, 6.45) is 22.6. The van der Waals surface area contributed by atoms with Gasteiger partial charge in [-0.1, -0.05) is 111 Å². The van der Waals surface area contributed by atoms with E-state index in [9.17, 15) is 9.90 Å². The molecule has 0 radical (unpaired) electrons. The lowest BCUT2D eigenvalue weighted by atomic mass is 10.0. The Labute approximate surface area is 176 Å². The van der Waals surface area contributed by atoms with Crippen LogP contribution in [0.1, 0.15) is 136 Å². The van der Waals surface area contributed by atoms with E-state index in [1.807, 2.05) is 0 Å². The highest BCUT2D eigenvalue weighted by Gasteiger charge is 2.19. The summed E-state index contributed by atoms with van der Waals surface area (Å²) in [7, 11) is 0. The number of rotatable bonds is 22. The second-order valence-electron chi connectivity index (χ2n) is 8.65. The van der Waals surface area contributed by atoms with Gasteiger partial charge in [0.2, 0.25) is 0 Å². The van der Waals surface area contributed by atoms with E-state index in [0.717, 1.165) is 19.5 Å². The molecule has 0 fully saturated rings. The average Bonchev–Trinajstić information content (AvgIpc) is 2.68. The fraction of sp³-hybridized carbons (Fsp3) is 0.960. The van der Waals surface area contributed by atoms with Gasteiger partial charge >= 0.3 is 5.97 Å². The first-order chi connectivity index (χ1) is 13.7. The SMILES string of the molecule is CCCCCCCCCCN(CCCCCCCCCC)C(CC)CC(=O)O. The van der Waals surface area contributed by atoms with Crippen molar-refractivity contribution in [1.29, 1.82) is 0 Å². The third kappa shape index (κ3) is 17.5. The van der Waals surface area contributed by atoms with E-state index in [-0.39, 0.29) is 6.04 Å². The third-order valence-electron chi connectivity index (χ3n) is 6.00. The van der Waals surface area contributed by atoms with Crippen LogP contribution < -0.4 is 0 Å². The molecule has 0 amide bonds. The maximum absolute atomic E-state index is 11.2. The van der Waals surface area contributed by atoms with Gasteiger partial charge in [-0.15, -0.1) is 0 Å². The van der Waals surface area contributed by atoms with Crippen LogP contribution in [0.4, 0.5) is 0 Å². The highest BCUT2D eigenvalue weighted by molar-refractivity contribution is 5.67. The second-order valence-corrected chi connectivity index (χ2v) is 8.65. The number of nitrogens with zero attached hydrogens (tertiary/aromatic N) is 1. The van der Waals surface area contributed by atoms with Gasteiger partial charge in [0.25, 0.3) is 0 Å². The van der Waals surface area contributed by atoms with E-state index < -0.39 is 5.97 Å². The molecule has 0 bridgehead atoms. The van der Waals surface area contributed by atoms with E-state index in [4.69, 9.17) is 0 Å². The molecule has 0 heterocycles. The van der Waals surface area contributed by atoms with Gasteiger partial charge < -0.3 is 5.11 Å². The van der Waals surface area contributed by atoms with Gasteiger partial charge in [-0.2, -0.15) is 0 Å². The van der Waals surface area contributed by atoms with Crippen molar-refractivity contribution >= 4 is 5.97 Å². The van der Waals surface area contributed by atoms with Crippen LogP contribution in [0, 0.1) is 0 Å². The summed E-state index contributed by atoms with van der Waals surface area (Å²) in [5.41, 5.74) is 0. The number of carboxylic acid groups (broad SMARTS) is 1. The predicted octanol–water partition coefficient (Wildman–Crippen LogP) is 7.82. The van der Waals surface area contributed by atoms with Crippen LogP contribution in [0.2, 0.25) is 0 Å². The molecule has 0 aliphatic carbocycles. The number of carbonyl (C=O) groups is 1. The molecule has 3 nitrogen and oxygen atoms in total. The Morgan fingerprint density at radius 2 is 1.00 bits per heavy atom. The van der Waals surface area contributed by atoms with Crippen molar-refractivity contribution in [2.45, 2.75) is 142 Å². The monoisotopic (exact) mass is 397 g/mol. The van der Waals surface area contributed by atoms with Gasteiger partial charge in [0.15, 0.2) is 0 Å². The molecule has 0 spiro atoms. The number of carboxylic acids is 1. The first-order valence-corrected chi connectivity index (χ1v) is 12.6. The van der Waals surface area contributed by atoms with Crippen molar-refractivity contribution in [1.82, 2.24) is 4.90 Å². The number of aliphatic carboxylic acids is 1. The molecule has 0 aromatic carbocycles. The molecular weight excluding hydrogens is 346 g/mol. The summed E-state index contributed by atoms with van der Waals surface area (Å²) in [6, 6.07) is 0.214. The topological polar surface area (TPSA) is 40.5 Å². The summed E-state index contributed by atoms with van der Waals surface area (Å²) >= 11 is 0. The van der Waals surface area contributed by atoms with E-state index >= 15 is 0 Å². The van der Waals surface area contributed by atoms with Crippen molar-refractivity contribution in [3.8, 4) is 0 Å². The second kappa shape index (κ2) is 21.1. The Morgan fingerprint density at radius 3 is 1.32 bits per heavy atom. The summed E-state index contributed by atoms with van der Waals surface area (Å²) in [4.78, 5) is 13.7. The normalized spacial score (nSPS) is 12.6. The third-order valence-corrected chi connectivity index (χ3v) is 6.00. The van der Waals surface area contributed by atoms with Crippen LogP contribution in [-0.2, 0) is 4.79 Å². The summed E-state index contributed by atoms with van der Waals surface area (Å²) in [5, 5.41) is 9.26. The first-order valence-electron chi connectivity index (χ1n) is 12.6. The number of hydrogen-bond donors (Lipinski definition) is 1. The summed E-state index contributed by atoms with van der Waals surface area (Å²) in [5.74, 6) is -0.649. The molecule has 0 aliphatic heterocycles. The van der Waals surface area contributed by atoms with Crippen LogP contribution in [0.3, 0.4) is 0 Å². The Balaban J connectivity index is 4.06.